The van der Waals surface area contributed by atoms with Crippen LogP contribution in [0.15, 0.2) is 18.2 Å². The van der Waals surface area contributed by atoms with E-state index in [4.69, 9.17) is 21.8 Å². The van der Waals surface area contributed by atoms with Gasteiger partial charge in [0.2, 0.25) is 0 Å². The van der Waals surface area contributed by atoms with E-state index in [1.54, 1.807) is 0 Å². The fourth-order valence-corrected chi connectivity index (χ4v) is 1.54. The summed E-state index contributed by atoms with van der Waals surface area (Å²) in [5.41, 5.74) is 0.394. The van der Waals surface area contributed by atoms with Crippen molar-refractivity contribution in [3.63, 3.8) is 0 Å². The third-order valence-electron chi connectivity index (χ3n) is 2.08. The number of nitro benzene ring substituents is 1. The number of nitro groups is 1. The third kappa shape index (κ3) is 2.65. The first-order valence-corrected chi connectivity index (χ1v) is 4.63. The summed E-state index contributed by atoms with van der Waals surface area (Å²) in [6, 6.07) is 3.94. The summed E-state index contributed by atoms with van der Waals surface area (Å²) in [5, 5.41) is 28.5. The van der Waals surface area contributed by atoms with Crippen LogP contribution in [0, 0.1) is 10.1 Å². The molecule has 6 heteroatoms. The van der Waals surface area contributed by atoms with Gasteiger partial charge in [-0.15, -0.1) is 0 Å². The molecule has 1 rings (SSSR count). The van der Waals surface area contributed by atoms with E-state index < -0.39 is 10.8 Å². The molecule has 0 aromatic heterocycles. The van der Waals surface area contributed by atoms with Crippen molar-refractivity contribution in [1.29, 1.82) is 0 Å². The molecule has 0 unspecified atom stereocenters. The molecule has 1 aromatic rings. The zero-order valence-corrected chi connectivity index (χ0v) is 8.52. The quantitative estimate of drug-likeness (QED) is 0.605. The Labute approximate surface area is 91.1 Å². The van der Waals surface area contributed by atoms with E-state index in [0.717, 1.165) is 0 Å². The van der Waals surface area contributed by atoms with Crippen LogP contribution in [0.2, 0.25) is 5.02 Å². The van der Waals surface area contributed by atoms with Crippen LogP contribution < -0.4 is 0 Å². The zero-order chi connectivity index (χ0) is 11.4. The Hall–Kier alpha value is -1.17. The smallest absolute Gasteiger partial charge is 0.270 e. The topological polar surface area (TPSA) is 83.6 Å². The molecule has 0 aliphatic heterocycles. The van der Waals surface area contributed by atoms with Crippen molar-refractivity contribution >= 4 is 17.3 Å². The van der Waals surface area contributed by atoms with Gasteiger partial charge in [-0.25, -0.2) is 0 Å². The lowest BCUT2D eigenvalue weighted by Crippen LogP contribution is -2.09. The summed E-state index contributed by atoms with van der Waals surface area (Å²) < 4.78 is 0. The average Bonchev–Trinajstić information content (AvgIpc) is 2.21. The van der Waals surface area contributed by atoms with E-state index >= 15 is 0 Å². The van der Waals surface area contributed by atoms with E-state index in [-0.39, 0.29) is 23.9 Å². The molecule has 0 radical (unpaired) electrons. The second-order valence-electron chi connectivity index (χ2n) is 3.02. The minimum absolute atomic E-state index is 0.113. The number of benzene rings is 1. The molecule has 0 amide bonds. The van der Waals surface area contributed by atoms with Crippen molar-refractivity contribution in [2.24, 2.45) is 0 Å². The maximum absolute atomic E-state index is 10.4. The van der Waals surface area contributed by atoms with Crippen molar-refractivity contribution in [1.82, 2.24) is 0 Å². The molecule has 1 aromatic carbocycles. The van der Waals surface area contributed by atoms with E-state index in [1.165, 1.54) is 18.2 Å². The molecule has 0 bridgehead atoms. The van der Waals surface area contributed by atoms with Gasteiger partial charge in [0.25, 0.3) is 5.69 Å². The summed E-state index contributed by atoms with van der Waals surface area (Å²) >= 11 is 5.80. The Morgan fingerprint density at radius 3 is 2.40 bits per heavy atom. The van der Waals surface area contributed by atoms with Gasteiger partial charge in [0.15, 0.2) is 0 Å². The number of hydrogen-bond donors (Lipinski definition) is 2. The molecule has 0 heterocycles. The molecule has 0 fully saturated rings. The fraction of sp³-hybridized carbons (Fsp3) is 0.333. The minimum Gasteiger partial charge on any atom is -0.396 e. The van der Waals surface area contributed by atoms with Crippen LogP contribution in [-0.4, -0.2) is 28.4 Å². The van der Waals surface area contributed by atoms with Gasteiger partial charge < -0.3 is 10.2 Å². The van der Waals surface area contributed by atoms with Crippen molar-refractivity contribution < 1.29 is 15.1 Å². The molecule has 0 aliphatic rings. The van der Waals surface area contributed by atoms with Gasteiger partial charge in [-0.2, -0.15) is 0 Å². The monoisotopic (exact) mass is 231 g/mol. The lowest BCUT2D eigenvalue weighted by molar-refractivity contribution is -0.384. The molecule has 0 atom stereocenters. The number of aliphatic hydroxyl groups excluding tert-OH is 2. The second-order valence-corrected chi connectivity index (χ2v) is 3.43. The standard InChI is InChI=1S/C9H10ClNO4/c10-9-3-7(11(14)15)1-2-8(9)6(4-12)5-13/h1-3,6,12-13H,4-5H2. The Morgan fingerprint density at radius 2 is 2.00 bits per heavy atom. The summed E-state index contributed by atoms with van der Waals surface area (Å²) in [4.78, 5) is 9.87. The highest BCUT2D eigenvalue weighted by atomic mass is 35.5. The molecule has 0 spiro atoms. The van der Waals surface area contributed by atoms with Crippen molar-refractivity contribution in [2.75, 3.05) is 13.2 Å². The first kappa shape index (κ1) is 11.9. The zero-order valence-electron chi connectivity index (χ0n) is 7.76. The van der Waals surface area contributed by atoms with Crippen LogP contribution in [0.3, 0.4) is 0 Å². The maximum Gasteiger partial charge on any atom is 0.270 e. The number of rotatable bonds is 4. The van der Waals surface area contributed by atoms with Crippen LogP contribution in [0.1, 0.15) is 11.5 Å². The number of halogens is 1. The van der Waals surface area contributed by atoms with Crippen LogP contribution in [0.4, 0.5) is 5.69 Å². The molecule has 15 heavy (non-hydrogen) atoms. The molecule has 0 saturated carbocycles. The summed E-state index contributed by atoms with van der Waals surface area (Å²) in [5.74, 6) is -0.502. The van der Waals surface area contributed by atoms with Crippen molar-refractivity contribution in [3.05, 3.63) is 38.9 Å². The first-order valence-electron chi connectivity index (χ1n) is 4.25. The lowest BCUT2D eigenvalue weighted by atomic mass is 10.0. The van der Waals surface area contributed by atoms with Gasteiger partial charge in [-0.05, 0) is 5.56 Å². The SMILES string of the molecule is O=[N+]([O-])c1ccc(C(CO)CO)c(Cl)c1. The van der Waals surface area contributed by atoms with Crippen LogP contribution >= 0.6 is 11.6 Å². The first-order chi connectivity index (χ1) is 7.10. The van der Waals surface area contributed by atoms with Gasteiger partial charge in [0.1, 0.15) is 0 Å². The van der Waals surface area contributed by atoms with E-state index in [1.807, 2.05) is 0 Å². The molecular weight excluding hydrogens is 222 g/mol. The Balaban J connectivity index is 3.07. The highest BCUT2D eigenvalue weighted by Gasteiger charge is 2.16. The van der Waals surface area contributed by atoms with Crippen LogP contribution in [0.5, 0.6) is 0 Å². The van der Waals surface area contributed by atoms with Gasteiger partial charge in [-0.3, -0.25) is 10.1 Å². The molecule has 5 nitrogen and oxygen atoms in total. The third-order valence-corrected chi connectivity index (χ3v) is 2.40. The maximum atomic E-state index is 10.4. The molecule has 0 aliphatic carbocycles. The fourth-order valence-electron chi connectivity index (χ4n) is 1.22. The predicted octanol–water partition coefficient (Wildman–Crippen LogP) is 1.32. The van der Waals surface area contributed by atoms with Crippen LogP contribution in [-0.2, 0) is 0 Å². The normalized spacial score (nSPS) is 10.7. The van der Waals surface area contributed by atoms with Crippen LogP contribution in [0.25, 0.3) is 0 Å². The largest absolute Gasteiger partial charge is 0.396 e. The molecule has 82 valence electrons. The van der Waals surface area contributed by atoms with E-state index in [9.17, 15) is 10.1 Å². The average molecular weight is 232 g/mol. The summed E-state index contributed by atoms with van der Waals surface area (Å²) in [6.07, 6.45) is 0. The van der Waals surface area contributed by atoms with Crippen molar-refractivity contribution in [2.45, 2.75) is 5.92 Å². The van der Waals surface area contributed by atoms with Gasteiger partial charge >= 0.3 is 0 Å². The van der Waals surface area contributed by atoms with Gasteiger partial charge in [-0.1, -0.05) is 17.7 Å². The van der Waals surface area contributed by atoms with Gasteiger partial charge in [0, 0.05) is 18.1 Å². The van der Waals surface area contributed by atoms with Gasteiger partial charge in [0.05, 0.1) is 23.2 Å². The summed E-state index contributed by atoms with van der Waals surface area (Å²) in [6.45, 7) is -0.512. The Bertz CT molecular complexity index is 365. The number of aliphatic hydroxyl groups is 2. The summed E-state index contributed by atoms with van der Waals surface area (Å²) in [7, 11) is 0. The molecule has 0 saturated heterocycles. The Kier molecular flexibility index (Phi) is 4.02. The molecular formula is C9H10ClNO4. The Morgan fingerprint density at radius 1 is 1.40 bits per heavy atom. The predicted molar refractivity (Wildman–Crippen MR) is 55.0 cm³/mol. The number of non-ortho nitro benzene ring substituents is 1. The second kappa shape index (κ2) is 5.06. The van der Waals surface area contributed by atoms with E-state index in [2.05, 4.69) is 0 Å². The highest BCUT2D eigenvalue weighted by Crippen LogP contribution is 2.27. The lowest BCUT2D eigenvalue weighted by Gasteiger charge is -2.12. The molecule has 2 N–H and O–H groups in total. The van der Waals surface area contributed by atoms with Crippen molar-refractivity contribution in [3.8, 4) is 0 Å². The number of hydrogen-bond acceptors (Lipinski definition) is 4. The minimum atomic E-state index is -0.553. The van der Waals surface area contributed by atoms with E-state index in [0.29, 0.717) is 5.56 Å². The highest BCUT2D eigenvalue weighted by molar-refractivity contribution is 6.31. The number of nitrogens with zero attached hydrogens (tertiary/aromatic N) is 1.